The van der Waals surface area contributed by atoms with E-state index in [1.54, 1.807) is 30.1 Å². The standard InChI is InChI=1S/C12H14N4O3.C12H14O/c1-3-9-6-11(4-5-12(9)16(17)18)19-8-10-7-15(2)14-13-10;1-4-8-13-12-7-6-10(3)11(5-2)9-12/h4-7H,3,8H2,1-2H3;1,6-7,9H,5,8H2,2-3H3. The summed E-state index contributed by atoms with van der Waals surface area (Å²) in [5.41, 5.74) is 4.10. The van der Waals surface area contributed by atoms with Crippen molar-refractivity contribution >= 4 is 5.69 Å². The van der Waals surface area contributed by atoms with Crippen molar-refractivity contribution in [1.29, 1.82) is 0 Å². The minimum Gasteiger partial charge on any atom is -0.487 e. The molecule has 3 aromatic rings. The van der Waals surface area contributed by atoms with E-state index in [1.807, 2.05) is 19.1 Å². The first-order chi connectivity index (χ1) is 15.4. The lowest BCUT2D eigenvalue weighted by molar-refractivity contribution is -0.385. The molecule has 3 rings (SSSR count). The summed E-state index contributed by atoms with van der Waals surface area (Å²) >= 11 is 0. The summed E-state index contributed by atoms with van der Waals surface area (Å²) in [4.78, 5) is 10.4. The van der Waals surface area contributed by atoms with Gasteiger partial charge in [0.15, 0.2) is 0 Å². The second-order valence-corrected chi connectivity index (χ2v) is 7.01. The Labute approximate surface area is 188 Å². The molecule has 8 heteroatoms. The zero-order chi connectivity index (χ0) is 23.5. The smallest absolute Gasteiger partial charge is 0.272 e. The first-order valence-electron chi connectivity index (χ1n) is 10.3. The van der Waals surface area contributed by atoms with Crippen molar-refractivity contribution in [2.24, 2.45) is 7.05 Å². The molecule has 0 bridgehead atoms. The number of benzene rings is 2. The Morgan fingerprint density at radius 1 is 1.09 bits per heavy atom. The van der Waals surface area contributed by atoms with Crippen LogP contribution in [0.15, 0.2) is 42.6 Å². The first kappa shape index (κ1) is 24.4. The number of nitro benzene ring substituents is 1. The van der Waals surface area contributed by atoms with Crippen LogP contribution in [0.3, 0.4) is 0 Å². The molecule has 32 heavy (non-hydrogen) atoms. The summed E-state index contributed by atoms with van der Waals surface area (Å²) in [7, 11) is 1.78. The van der Waals surface area contributed by atoms with Crippen molar-refractivity contribution in [2.45, 2.75) is 40.2 Å². The number of ether oxygens (including phenoxy) is 2. The van der Waals surface area contributed by atoms with Crippen LogP contribution in [-0.2, 0) is 26.5 Å². The predicted octanol–water partition coefficient (Wildman–Crippen LogP) is 4.43. The maximum Gasteiger partial charge on any atom is 0.272 e. The molecule has 0 aliphatic heterocycles. The maximum atomic E-state index is 10.8. The van der Waals surface area contributed by atoms with Gasteiger partial charge in [-0.3, -0.25) is 14.8 Å². The van der Waals surface area contributed by atoms with Gasteiger partial charge in [0.05, 0.1) is 11.1 Å². The van der Waals surface area contributed by atoms with Gasteiger partial charge in [-0.05, 0) is 55.2 Å². The third-order valence-electron chi connectivity index (χ3n) is 4.69. The third-order valence-corrected chi connectivity index (χ3v) is 4.69. The topological polar surface area (TPSA) is 92.3 Å². The Hall–Kier alpha value is -3.86. The number of nitrogens with zero attached hydrogens (tertiary/aromatic N) is 4. The molecule has 0 fully saturated rings. The highest BCUT2D eigenvalue weighted by molar-refractivity contribution is 5.45. The molecule has 0 saturated carbocycles. The second kappa shape index (κ2) is 12.1. The molecular formula is C24H28N4O4. The van der Waals surface area contributed by atoms with E-state index in [2.05, 4.69) is 36.1 Å². The Morgan fingerprint density at radius 3 is 2.34 bits per heavy atom. The van der Waals surface area contributed by atoms with Crippen molar-refractivity contribution in [3.63, 3.8) is 0 Å². The molecule has 0 atom stereocenters. The zero-order valence-corrected chi connectivity index (χ0v) is 18.9. The lowest BCUT2D eigenvalue weighted by atomic mass is 10.1. The molecule has 0 N–H and O–H groups in total. The zero-order valence-electron chi connectivity index (χ0n) is 18.9. The van der Waals surface area contributed by atoms with Gasteiger partial charge in [0, 0.05) is 18.7 Å². The highest BCUT2D eigenvalue weighted by Crippen LogP contribution is 2.25. The molecule has 2 aromatic carbocycles. The molecule has 0 amide bonds. The summed E-state index contributed by atoms with van der Waals surface area (Å²) < 4.78 is 12.4. The van der Waals surface area contributed by atoms with E-state index < -0.39 is 0 Å². The van der Waals surface area contributed by atoms with Crippen LogP contribution in [0.25, 0.3) is 0 Å². The first-order valence-corrected chi connectivity index (χ1v) is 10.3. The van der Waals surface area contributed by atoms with Gasteiger partial charge < -0.3 is 9.47 Å². The van der Waals surface area contributed by atoms with E-state index in [4.69, 9.17) is 15.9 Å². The SMILES string of the molecule is C#CCOc1ccc(C)c(CC)c1.CCc1cc(OCc2cn(C)nn2)ccc1[N+](=O)[O-]. The van der Waals surface area contributed by atoms with E-state index >= 15 is 0 Å². The van der Waals surface area contributed by atoms with Crippen LogP contribution in [0, 0.1) is 29.4 Å². The lowest BCUT2D eigenvalue weighted by Gasteiger charge is -2.06. The van der Waals surface area contributed by atoms with Crippen LogP contribution in [0.2, 0.25) is 0 Å². The number of nitro groups is 1. The van der Waals surface area contributed by atoms with Gasteiger partial charge in [-0.1, -0.05) is 31.0 Å². The van der Waals surface area contributed by atoms with Crippen LogP contribution in [-0.4, -0.2) is 26.5 Å². The fraction of sp³-hybridized carbons (Fsp3) is 0.333. The van der Waals surface area contributed by atoms with Gasteiger partial charge in [0.1, 0.15) is 30.4 Å². The molecule has 0 spiro atoms. The Balaban J connectivity index is 0.000000244. The highest BCUT2D eigenvalue weighted by Gasteiger charge is 2.13. The molecule has 1 heterocycles. The monoisotopic (exact) mass is 436 g/mol. The molecule has 1 aromatic heterocycles. The van der Waals surface area contributed by atoms with Crippen molar-refractivity contribution in [1.82, 2.24) is 15.0 Å². The number of hydrogen-bond acceptors (Lipinski definition) is 6. The van der Waals surface area contributed by atoms with Gasteiger partial charge >= 0.3 is 0 Å². The molecule has 168 valence electrons. The molecular weight excluding hydrogens is 408 g/mol. The number of rotatable bonds is 8. The van der Waals surface area contributed by atoms with E-state index in [-0.39, 0.29) is 17.2 Å². The quantitative estimate of drug-likeness (QED) is 0.295. The Morgan fingerprint density at radius 2 is 1.75 bits per heavy atom. The number of aryl methyl sites for hydroxylation is 4. The summed E-state index contributed by atoms with van der Waals surface area (Å²) in [6.07, 6.45) is 8.47. The normalized spacial score (nSPS) is 9.97. The van der Waals surface area contributed by atoms with Crippen molar-refractivity contribution < 1.29 is 14.4 Å². The number of hydrogen-bond donors (Lipinski definition) is 0. The van der Waals surface area contributed by atoms with Gasteiger partial charge in [0.25, 0.3) is 5.69 Å². The van der Waals surface area contributed by atoms with E-state index in [9.17, 15) is 10.1 Å². The molecule has 0 unspecified atom stereocenters. The Kier molecular flexibility index (Phi) is 9.23. The molecule has 0 saturated heterocycles. The predicted molar refractivity (Wildman–Crippen MR) is 123 cm³/mol. The van der Waals surface area contributed by atoms with E-state index in [1.165, 1.54) is 17.2 Å². The lowest BCUT2D eigenvalue weighted by Crippen LogP contribution is -1.99. The number of aromatic nitrogens is 3. The largest absolute Gasteiger partial charge is 0.487 e. The van der Waals surface area contributed by atoms with Crippen molar-refractivity contribution in [2.75, 3.05) is 6.61 Å². The van der Waals surface area contributed by atoms with Crippen molar-refractivity contribution in [3.8, 4) is 23.8 Å². The minimum absolute atomic E-state index is 0.120. The van der Waals surface area contributed by atoms with Crippen molar-refractivity contribution in [3.05, 3.63) is 75.1 Å². The third kappa shape index (κ3) is 7.13. The molecule has 0 aliphatic rings. The van der Waals surface area contributed by atoms with Gasteiger partial charge in [-0.15, -0.1) is 11.5 Å². The van der Waals surface area contributed by atoms with Crippen LogP contribution in [0.5, 0.6) is 11.5 Å². The van der Waals surface area contributed by atoms with Gasteiger partial charge in [0.2, 0.25) is 0 Å². The van der Waals surface area contributed by atoms with Gasteiger partial charge in [-0.25, -0.2) is 0 Å². The summed E-state index contributed by atoms with van der Waals surface area (Å²) in [6, 6.07) is 10.8. The van der Waals surface area contributed by atoms with Crippen LogP contribution in [0.4, 0.5) is 5.69 Å². The minimum atomic E-state index is -0.384. The van der Waals surface area contributed by atoms with Crippen LogP contribution >= 0.6 is 0 Å². The van der Waals surface area contributed by atoms with E-state index in [0.717, 1.165) is 12.2 Å². The van der Waals surface area contributed by atoms with E-state index in [0.29, 0.717) is 30.0 Å². The van der Waals surface area contributed by atoms with Crippen LogP contribution < -0.4 is 9.47 Å². The fourth-order valence-corrected chi connectivity index (χ4v) is 2.98. The average Bonchev–Trinajstić information content (AvgIpc) is 3.22. The molecule has 0 aliphatic carbocycles. The fourth-order valence-electron chi connectivity index (χ4n) is 2.98. The second-order valence-electron chi connectivity index (χ2n) is 7.01. The van der Waals surface area contributed by atoms with Crippen LogP contribution in [0.1, 0.15) is 36.2 Å². The highest BCUT2D eigenvalue weighted by atomic mass is 16.6. The molecule has 8 nitrogen and oxygen atoms in total. The summed E-state index contributed by atoms with van der Waals surface area (Å²) in [5.74, 6) is 3.90. The Bertz CT molecular complexity index is 1090. The van der Waals surface area contributed by atoms with Gasteiger partial charge in [-0.2, -0.15) is 0 Å². The molecule has 0 radical (unpaired) electrons. The summed E-state index contributed by atoms with van der Waals surface area (Å²) in [6.45, 7) is 6.73. The maximum absolute atomic E-state index is 10.8. The summed E-state index contributed by atoms with van der Waals surface area (Å²) in [5, 5.41) is 18.5. The number of terminal acetylenes is 1. The average molecular weight is 437 g/mol.